The van der Waals surface area contributed by atoms with E-state index in [2.05, 4.69) is 35.2 Å². The predicted octanol–water partition coefficient (Wildman–Crippen LogP) is 4.58. The molecule has 3 heterocycles. The van der Waals surface area contributed by atoms with Crippen molar-refractivity contribution in [3.05, 3.63) is 68.5 Å². The average molecular weight is 383 g/mol. The molecule has 0 radical (unpaired) electrons. The van der Waals surface area contributed by atoms with Crippen LogP contribution >= 0.6 is 22.7 Å². The Balaban J connectivity index is 1.57. The van der Waals surface area contributed by atoms with E-state index in [4.69, 9.17) is 0 Å². The van der Waals surface area contributed by atoms with Crippen molar-refractivity contribution >= 4 is 43.7 Å². The number of benzene rings is 1. The number of rotatable bonds is 5. The Morgan fingerprint density at radius 3 is 2.92 bits per heavy atom. The van der Waals surface area contributed by atoms with Gasteiger partial charge >= 0.3 is 0 Å². The van der Waals surface area contributed by atoms with Gasteiger partial charge in [-0.2, -0.15) is 0 Å². The highest BCUT2D eigenvalue weighted by atomic mass is 32.1. The molecule has 0 aliphatic carbocycles. The maximum absolute atomic E-state index is 12.7. The van der Waals surface area contributed by atoms with Gasteiger partial charge in [0.25, 0.3) is 5.56 Å². The van der Waals surface area contributed by atoms with E-state index in [0.717, 1.165) is 27.8 Å². The van der Waals surface area contributed by atoms with E-state index in [-0.39, 0.29) is 5.56 Å². The fraction of sp³-hybridized carbons (Fsp3) is 0.211. The number of para-hydroxylation sites is 1. The van der Waals surface area contributed by atoms with Gasteiger partial charge < -0.3 is 5.32 Å². The Morgan fingerprint density at radius 1 is 1.27 bits per heavy atom. The Hall–Kier alpha value is -2.51. The molecule has 0 unspecified atom stereocenters. The first-order valence-electron chi connectivity index (χ1n) is 8.39. The molecule has 0 bridgehead atoms. The summed E-state index contributed by atoms with van der Waals surface area (Å²) >= 11 is 3.12. The van der Waals surface area contributed by atoms with Gasteiger partial charge in [0.05, 0.1) is 24.0 Å². The maximum Gasteiger partial charge on any atom is 0.262 e. The summed E-state index contributed by atoms with van der Waals surface area (Å²) in [5.41, 5.74) is 3.05. The second-order valence-electron chi connectivity index (χ2n) is 6.05. The molecule has 0 aliphatic heterocycles. The summed E-state index contributed by atoms with van der Waals surface area (Å²) in [6, 6.07) is 10.1. The molecule has 4 rings (SSSR count). The zero-order valence-corrected chi connectivity index (χ0v) is 16.2. The molecule has 0 atom stereocenters. The highest BCUT2D eigenvalue weighted by molar-refractivity contribution is 7.18. The van der Waals surface area contributed by atoms with Gasteiger partial charge in [-0.25, -0.2) is 9.97 Å². The van der Waals surface area contributed by atoms with Crippen LogP contribution in [0.25, 0.3) is 10.2 Å². The van der Waals surface area contributed by atoms with E-state index in [1.165, 1.54) is 21.8 Å². The molecule has 132 valence electrons. The van der Waals surface area contributed by atoms with Gasteiger partial charge in [0, 0.05) is 15.9 Å². The minimum atomic E-state index is -0.00707. The van der Waals surface area contributed by atoms with Crippen LogP contribution in [0.15, 0.2) is 46.8 Å². The Labute approximate surface area is 159 Å². The Kier molecular flexibility index (Phi) is 4.57. The summed E-state index contributed by atoms with van der Waals surface area (Å²) in [6.45, 7) is 4.56. The summed E-state index contributed by atoms with van der Waals surface area (Å²) in [6.07, 6.45) is 2.54. The number of nitrogens with zero attached hydrogens (tertiary/aromatic N) is 3. The highest BCUT2D eigenvalue weighted by Crippen LogP contribution is 2.24. The third-order valence-corrected chi connectivity index (χ3v) is 6.18. The Bertz CT molecular complexity index is 1130. The predicted molar refractivity (Wildman–Crippen MR) is 109 cm³/mol. The molecule has 5 nitrogen and oxygen atoms in total. The van der Waals surface area contributed by atoms with Crippen molar-refractivity contribution in [3.63, 3.8) is 0 Å². The van der Waals surface area contributed by atoms with Gasteiger partial charge in [-0.1, -0.05) is 25.1 Å². The number of aromatic nitrogens is 3. The van der Waals surface area contributed by atoms with Crippen LogP contribution in [0.4, 0.5) is 10.8 Å². The van der Waals surface area contributed by atoms with E-state index >= 15 is 0 Å². The van der Waals surface area contributed by atoms with Gasteiger partial charge in [-0.3, -0.25) is 9.36 Å². The van der Waals surface area contributed by atoms with Gasteiger partial charge in [-0.15, -0.1) is 22.7 Å². The average Bonchev–Trinajstić information content (AvgIpc) is 3.26. The quantitative estimate of drug-likeness (QED) is 0.549. The first kappa shape index (κ1) is 16.9. The number of aryl methyl sites for hydroxylation is 2. The van der Waals surface area contributed by atoms with E-state index < -0.39 is 0 Å². The molecule has 0 fully saturated rings. The van der Waals surface area contributed by atoms with Crippen LogP contribution in [-0.4, -0.2) is 14.5 Å². The fourth-order valence-corrected chi connectivity index (χ4v) is 4.38. The normalized spacial score (nSPS) is 11.2. The second kappa shape index (κ2) is 7.01. The minimum Gasteiger partial charge on any atom is -0.331 e. The SMILES string of the molecule is CCc1cc2c(=O)n(Cc3csc(Nc4ccccc4C)n3)cnc2s1. The number of nitrogens with one attached hydrogen (secondary N) is 1. The zero-order chi connectivity index (χ0) is 18.1. The molecule has 1 aromatic carbocycles. The van der Waals surface area contributed by atoms with E-state index in [1.807, 2.05) is 29.6 Å². The number of thiophene rings is 1. The second-order valence-corrected chi connectivity index (χ2v) is 8.02. The van der Waals surface area contributed by atoms with Crippen LogP contribution in [0, 0.1) is 6.92 Å². The lowest BCUT2D eigenvalue weighted by Gasteiger charge is -2.05. The molecular weight excluding hydrogens is 364 g/mol. The van der Waals surface area contributed by atoms with Crippen molar-refractivity contribution in [2.75, 3.05) is 5.32 Å². The number of hydrogen-bond acceptors (Lipinski definition) is 6. The lowest BCUT2D eigenvalue weighted by atomic mass is 10.2. The van der Waals surface area contributed by atoms with Crippen molar-refractivity contribution in [3.8, 4) is 0 Å². The van der Waals surface area contributed by atoms with Crippen molar-refractivity contribution in [1.29, 1.82) is 0 Å². The molecule has 0 saturated carbocycles. The third kappa shape index (κ3) is 3.27. The van der Waals surface area contributed by atoms with Crippen LogP contribution < -0.4 is 10.9 Å². The van der Waals surface area contributed by atoms with Gasteiger partial charge in [0.1, 0.15) is 4.83 Å². The molecule has 0 aliphatic rings. The van der Waals surface area contributed by atoms with Crippen LogP contribution in [0.3, 0.4) is 0 Å². The first-order valence-corrected chi connectivity index (χ1v) is 10.1. The van der Waals surface area contributed by atoms with Gasteiger partial charge in [0.15, 0.2) is 5.13 Å². The minimum absolute atomic E-state index is 0.00707. The standard InChI is InChI=1S/C19H18N4OS2/c1-3-14-8-15-17(26-14)20-11-23(18(15)24)9-13-10-25-19(21-13)22-16-7-5-4-6-12(16)2/h4-8,10-11H,3,9H2,1-2H3,(H,21,22). The van der Waals surface area contributed by atoms with E-state index in [9.17, 15) is 4.79 Å². The molecular formula is C19H18N4OS2. The fourth-order valence-electron chi connectivity index (χ4n) is 2.74. The van der Waals surface area contributed by atoms with Crippen molar-refractivity contribution < 1.29 is 0 Å². The van der Waals surface area contributed by atoms with E-state index in [1.54, 1.807) is 22.2 Å². The summed E-state index contributed by atoms with van der Waals surface area (Å²) < 4.78 is 1.63. The maximum atomic E-state index is 12.7. The van der Waals surface area contributed by atoms with Gasteiger partial charge in [-0.05, 0) is 31.0 Å². The summed E-state index contributed by atoms with van der Waals surface area (Å²) in [5, 5.41) is 6.83. The molecule has 1 N–H and O–H groups in total. The van der Waals surface area contributed by atoms with E-state index in [0.29, 0.717) is 11.9 Å². The molecule has 3 aromatic heterocycles. The lowest BCUT2D eigenvalue weighted by Crippen LogP contribution is -2.20. The van der Waals surface area contributed by atoms with Crippen molar-refractivity contribution in [2.24, 2.45) is 0 Å². The largest absolute Gasteiger partial charge is 0.331 e. The van der Waals surface area contributed by atoms with Crippen LogP contribution in [-0.2, 0) is 13.0 Å². The number of anilines is 2. The molecule has 0 spiro atoms. The zero-order valence-electron chi connectivity index (χ0n) is 14.5. The molecule has 7 heteroatoms. The van der Waals surface area contributed by atoms with Crippen LogP contribution in [0.5, 0.6) is 0 Å². The van der Waals surface area contributed by atoms with Crippen LogP contribution in [0.1, 0.15) is 23.1 Å². The number of thiazole rings is 1. The molecule has 26 heavy (non-hydrogen) atoms. The monoisotopic (exact) mass is 382 g/mol. The third-order valence-electron chi connectivity index (χ3n) is 4.19. The molecule has 0 saturated heterocycles. The highest BCUT2D eigenvalue weighted by Gasteiger charge is 2.10. The smallest absolute Gasteiger partial charge is 0.262 e. The Morgan fingerprint density at radius 2 is 2.12 bits per heavy atom. The summed E-state index contributed by atoms with van der Waals surface area (Å²) in [4.78, 5) is 23.7. The van der Waals surface area contributed by atoms with Crippen LogP contribution in [0.2, 0.25) is 0 Å². The van der Waals surface area contributed by atoms with Crippen molar-refractivity contribution in [1.82, 2.24) is 14.5 Å². The number of fused-ring (bicyclic) bond motifs is 1. The molecule has 4 aromatic rings. The summed E-state index contributed by atoms with van der Waals surface area (Å²) in [5.74, 6) is 0. The number of hydrogen-bond donors (Lipinski definition) is 1. The van der Waals surface area contributed by atoms with Crippen molar-refractivity contribution in [2.45, 2.75) is 26.8 Å². The first-order chi connectivity index (χ1) is 12.6. The summed E-state index contributed by atoms with van der Waals surface area (Å²) in [7, 11) is 0. The van der Waals surface area contributed by atoms with Gasteiger partial charge in [0.2, 0.25) is 0 Å². The topological polar surface area (TPSA) is 59.8 Å². The molecule has 0 amide bonds. The lowest BCUT2D eigenvalue weighted by molar-refractivity contribution is 0.735.